The van der Waals surface area contributed by atoms with Crippen LogP contribution < -0.4 is 5.73 Å². The fourth-order valence-corrected chi connectivity index (χ4v) is 1.47. The van der Waals surface area contributed by atoms with Crippen molar-refractivity contribution in [2.24, 2.45) is 11.7 Å². The van der Waals surface area contributed by atoms with Crippen molar-refractivity contribution in [2.75, 3.05) is 32.8 Å². The first-order chi connectivity index (χ1) is 6.85. The molecule has 92 valence electrons. The van der Waals surface area contributed by atoms with Crippen LogP contribution in [0.15, 0.2) is 0 Å². The predicted octanol–water partition coefficient (Wildman–Crippen LogP) is 1.72. The monoisotopic (exact) mass is 216 g/mol. The zero-order valence-electron chi connectivity index (χ0n) is 11.0. The fourth-order valence-electron chi connectivity index (χ4n) is 1.47. The van der Waals surface area contributed by atoms with Crippen molar-refractivity contribution < 1.29 is 4.74 Å². The molecule has 0 radical (unpaired) electrons. The standard InChI is InChI=1S/C12H28N2O/c1-11(2)10-14(7-6-13)8-9-15-12(3,4)5/h11H,6-10,13H2,1-5H3. The minimum absolute atomic E-state index is 0.0355. The number of ether oxygens (including phenoxy) is 1. The molecule has 0 spiro atoms. The summed E-state index contributed by atoms with van der Waals surface area (Å²) < 4.78 is 5.71. The predicted molar refractivity (Wildman–Crippen MR) is 66.0 cm³/mol. The van der Waals surface area contributed by atoms with E-state index < -0.39 is 0 Å². The molecule has 0 saturated heterocycles. The molecule has 0 bridgehead atoms. The number of hydrogen-bond donors (Lipinski definition) is 1. The van der Waals surface area contributed by atoms with Crippen LogP contribution >= 0.6 is 0 Å². The maximum absolute atomic E-state index is 5.71. The molecule has 0 amide bonds. The Labute approximate surface area is 95.0 Å². The summed E-state index contributed by atoms with van der Waals surface area (Å²) in [7, 11) is 0. The number of rotatable bonds is 7. The topological polar surface area (TPSA) is 38.5 Å². The number of nitrogens with zero attached hydrogens (tertiary/aromatic N) is 1. The Hall–Kier alpha value is -0.120. The second-order valence-corrected chi connectivity index (χ2v) is 5.44. The average Bonchev–Trinajstić information content (AvgIpc) is 2.00. The lowest BCUT2D eigenvalue weighted by molar-refractivity contribution is -0.0137. The second-order valence-electron chi connectivity index (χ2n) is 5.44. The summed E-state index contributed by atoms with van der Waals surface area (Å²) in [6, 6.07) is 0. The quantitative estimate of drug-likeness (QED) is 0.704. The van der Waals surface area contributed by atoms with E-state index in [1.165, 1.54) is 0 Å². The van der Waals surface area contributed by atoms with Crippen LogP contribution in [0.1, 0.15) is 34.6 Å². The highest BCUT2D eigenvalue weighted by Gasteiger charge is 2.11. The summed E-state index contributed by atoms with van der Waals surface area (Å²) in [6.45, 7) is 15.3. The van der Waals surface area contributed by atoms with Gasteiger partial charge in [-0.15, -0.1) is 0 Å². The van der Waals surface area contributed by atoms with Crippen molar-refractivity contribution >= 4 is 0 Å². The Morgan fingerprint density at radius 1 is 1.20 bits per heavy atom. The van der Waals surface area contributed by atoms with Crippen LogP contribution in [-0.2, 0) is 4.74 Å². The first-order valence-corrected chi connectivity index (χ1v) is 5.91. The first kappa shape index (κ1) is 14.9. The van der Waals surface area contributed by atoms with E-state index in [9.17, 15) is 0 Å². The van der Waals surface area contributed by atoms with Gasteiger partial charge in [0.25, 0.3) is 0 Å². The molecule has 0 fully saturated rings. The number of hydrogen-bond acceptors (Lipinski definition) is 3. The summed E-state index contributed by atoms with van der Waals surface area (Å²) in [6.07, 6.45) is 0. The Morgan fingerprint density at radius 3 is 2.20 bits per heavy atom. The third-order valence-corrected chi connectivity index (χ3v) is 2.01. The molecule has 2 N–H and O–H groups in total. The van der Waals surface area contributed by atoms with Crippen molar-refractivity contribution in [3.05, 3.63) is 0 Å². The molecule has 0 aromatic carbocycles. The second kappa shape index (κ2) is 7.20. The van der Waals surface area contributed by atoms with Gasteiger partial charge in [0, 0.05) is 26.2 Å². The lowest BCUT2D eigenvalue weighted by atomic mass is 10.2. The van der Waals surface area contributed by atoms with E-state index in [1.54, 1.807) is 0 Å². The van der Waals surface area contributed by atoms with Gasteiger partial charge in [-0.25, -0.2) is 0 Å². The summed E-state index contributed by atoms with van der Waals surface area (Å²) in [5, 5.41) is 0. The van der Waals surface area contributed by atoms with Gasteiger partial charge < -0.3 is 10.5 Å². The molecule has 0 heterocycles. The lowest BCUT2D eigenvalue weighted by Gasteiger charge is -2.26. The van der Waals surface area contributed by atoms with Gasteiger partial charge in [-0.3, -0.25) is 4.90 Å². The molecule has 0 atom stereocenters. The molecule has 0 aliphatic heterocycles. The minimum Gasteiger partial charge on any atom is -0.375 e. The van der Waals surface area contributed by atoms with E-state index in [0.29, 0.717) is 5.92 Å². The zero-order chi connectivity index (χ0) is 11.9. The highest BCUT2D eigenvalue weighted by Crippen LogP contribution is 2.06. The van der Waals surface area contributed by atoms with Crippen LogP contribution in [0.5, 0.6) is 0 Å². The van der Waals surface area contributed by atoms with Crippen LogP contribution in [0.2, 0.25) is 0 Å². The molecule has 0 saturated carbocycles. The van der Waals surface area contributed by atoms with Crippen LogP contribution in [0.4, 0.5) is 0 Å². The van der Waals surface area contributed by atoms with E-state index in [1.807, 2.05) is 0 Å². The van der Waals surface area contributed by atoms with Gasteiger partial charge in [0.05, 0.1) is 12.2 Å². The molecule has 0 aromatic heterocycles. The summed E-state index contributed by atoms with van der Waals surface area (Å²) in [5.74, 6) is 0.686. The van der Waals surface area contributed by atoms with E-state index >= 15 is 0 Å². The van der Waals surface area contributed by atoms with Crippen LogP contribution in [0.25, 0.3) is 0 Å². The maximum Gasteiger partial charge on any atom is 0.0600 e. The fraction of sp³-hybridized carbons (Fsp3) is 1.00. The van der Waals surface area contributed by atoms with Crippen LogP contribution in [0, 0.1) is 5.92 Å². The van der Waals surface area contributed by atoms with Gasteiger partial charge in [0.15, 0.2) is 0 Å². The maximum atomic E-state index is 5.71. The molecule has 3 nitrogen and oxygen atoms in total. The highest BCUT2D eigenvalue weighted by molar-refractivity contribution is 4.63. The van der Waals surface area contributed by atoms with E-state index in [-0.39, 0.29) is 5.60 Å². The van der Waals surface area contributed by atoms with Gasteiger partial charge in [0.2, 0.25) is 0 Å². The number of nitrogens with two attached hydrogens (primary N) is 1. The smallest absolute Gasteiger partial charge is 0.0600 e. The van der Waals surface area contributed by atoms with E-state index in [0.717, 1.165) is 32.8 Å². The Balaban J connectivity index is 3.75. The Morgan fingerprint density at radius 2 is 1.80 bits per heavy atom. The third kappa shape index (κ3) is 10.2. The SMILES string of the molecule is CC(C)CN(CCN)CCOC(C)(C)C. The zero-order valence-corrected chi connectivity index (χ0v) is 11.0. The minimum atomic E-state index is -0.0355. The van der Waals surface area contributed by atoms with E-state index in [4.69, 9.17) is 10.5 Å². The van der Waals surface area contributed by atoms with Crippen molar-refractivity contribution in [2.45, 2.75) is 40.2 Å². The molecule has 3 heteroatoms. The molecular formula is C12H28N2O. The van der Waals surface area contributed by atoms with E-state index in [2.05, 4.69) is 39.5 Å². The molecular weight excluding hydrogens is 188 g/mol. The Kier molecular flexibility index (Phi) is 7.14. The molecule has 0 aliphatic rings. The summed E-state index contributed by atoms with van der Waals surface area (Å²) in [5.41, 5.74) is 5.54. The highest BCUT2D eigenvalue weighted by atomic mass is 16.5. The lowest BCUT2D eigenvalue weighted by Crippen LogP contribution is -2.36. The van der Waals surface area contributed by atoms with Crippen molar-refractivity contribution in [1.82, 2.24) is 4.90 Å². The first-order valence-electron chi connectivity index (χ1n) is 5.91. The molecule has 15 heavy (non-hydrogen) atoms. The molecule has 0 unspecified atom stereocenters. The van der Waals surface area contributed by atoms with Gasteiger partial charge in [-0.1, -0.05) is 13.8 Å². The van der Waals surface area contributed by atoms with Gasteiger partial charge in [0.1, 0.15) is 0 Å². The van der Waals surface area contributed by atoms with Gasteiger partial charge in [-0.2, -0.15) is 0 Å². The van der Waals surface area contributed by atoms with Crippen LogP contribution in [0.3, 0.4) is 0 Å². The molecule has 0 aromatic rings. The Bertz CT molecular complexity index is 152. The summed E-state index contributed by atoms with van der Waals surface area (Å²) in [4.78, 5) is 2.37. The summed E-state index contributed by atoms with van der Waals surface area (Å²) >= 11 is 0. The van der Waals surface area contributed by atoms with Crippen molar-refractivity contribution in [3.8, 4) is 0 Å². The normalized spacial score (nSPS) is 12.8. The molecule has 0 aliphatic carbocycles. The van der Waals surface area contributed by atoms with Crippen molar-refractivity contribution in [3.63, 3.8) is 0 Å². The van der Waals surface area contributed by atoms with Gasteiger partial charge in [-0.05, 0) is 26.7 Å². The largest absolute Gasteiger partial charge is 0.375 e. The van der Waals surface area contributed by atoms with Crippen molar-refractivity contribution in [1.29, 1.82) is 0 Å². The molecule has 0 rings (SSSR count). The third-order valence-electron chi connectivity index (χ3n) is 2.01. The van der Waals surface area contributed by atoms with Crippen LogP contribution in [-0.4, -0.2) is 43.3 Å². The average molecular weight is 216 g/mol. The van der Waals surface area contributed by atoms with Gasteiger partial charge >= 0.3 is 0 Å².